The third kappa shape index (κ3) is 6.29. The summed E-state index contributed by atoms with van der Waals surface area (Å²) in [5.41, 5.74) is 3.38. The van der Waals surface area contributed by atoms with Crippen LogP contribution in [0.15, 0.2) is 54.9 Å². The Morgan fingerprint density at radius 2 is 1.83 bits per heavy atom. The summed E-state index contributed by atoms with van der Waals surface area (Å²) in [4.78, 5) is 26.7. The van der Waals surface area contributed by atoms with E-state index in [2.05, 4.69) is 51.3 Å². The van der Waals surface area contributed by atoms with Crippen molar-refractivity contribution in [3.05, 3.63) is 54.9 Å². The van der Waals surface area contributed by atoms with E-state index in [1.54, 1.807) is 0 Å². The van der Waals surface area contributed by atoms with Gasteiger partial charge in [-0.15, -0.1) is 0 Å². The number of aromatic nitrogens is 3. The van der Waals surface area contributed by atoms with Gasteiger partial charge in [0, 0.05) is 43.7 Å². The summed E-state index contributed by atoms with van der Waals surface area (Å²) in [7, 11) is 0. The van der Waals surface area contributed by atoms with E-state index < -0.39 is 5.60 Å². The summed E-state index contributed by atoms with van der Waals surface area (Å²) in [6.07, 6.45) is 3.12. The second-order valence-corrected chi connectivity index (χ2v) is 12.1. The lowest BCUT2D eigenvalue weighted by Gasteiger charge is -2.34. The number of ether oxygens (including phenoxy) is 3. The molecule has 2 aliphatic heterocycles. The molecule has 2 fully saturated rings. The maximum Gasteiger partial charge on any atom is 0.407 e. The Kier molecular flexibility index (Phi) is 7.92. The molecule has 222 valence electrons. The molecule has 0 bridgehead atoms. The highest BCUT2D eigenvalue weighted by atomic mass is 16.6. The molecular formula is C32H40N6O4. The van der Waals surface area contributed by atoms with E-state index in [9.17, 15) is 4.79 Å². The zero-order chi connectivity index (χ0) is 29.3. The highest BCUT2D eigenvalue weighted by molar-refractivity contribution is 5.92. The van der Waals surface area contributed by atoms with Crippen LogP contribution in [-0.2, 0) is 9.47 Å². The number of hydrogen-bond donors (Lipinski definition) is 1. The molecule has 42 heavy (non-hydrogen) atoms. The number of anilines is 1. The zero-order valence-electron chi connectivity index (χ0n) is 24.9. The summed E-state index contributed by atoms with van der Waals surface area (Å²) < 4.78 is 19.2. The zero-order valence-corrected chi connectivity index (χ0v) is 24.9. The van der Waals surface area contributed by atoms with Crippen LogP contribution in [0.1, 0.15) is 40.5 Å². The fourth-order valence-electron chi connectivity index (χ4n) is 5.71. The van der Waals surface area contributed by atoms with Gasteiger partial charge >= 0.3 is 6.09 Å². The Morgan fingerprint density at radius 1 is 1.05 bits per heavy atom. The normalized spacial score (nSPS) is 17.9. The highest BCUT2D eigenvalue weighted by Gasteiger charge is 2.25. The molecule has 0 aliphatic carbocycles. The fraction of sp³-hybridized carbons (Fsp3) is 0.469. The molecule has 0 saturated carbocycles. The standard InChI is InChI=1S/C32H40N6O4/c1-22(36-16-18-40-19-17-36)41-25-9-10-27-26(20-25)33-21-38(27)29-11-8-23-6-5-7-28(30(23)35-29)37-14-12-24(13-15-37)34-31(39)42-32(2,3)4/h5-11,20-22,24H,12-19H2,1-4H3,(H,34,39). The highest BCUT2D eigenvalue weighted by Crippen LogP contribution is 2.30. The minimum Gasteiger partial charge on any atom is -0.475 e. The molecule has 4 heterocycles. The molecule has 10 nitrogen and oxygen atoms in total. The number of benzene rings is 2. The number of carbonyl (C=O) groups is 1. The van der Waals surface area contributed by atoms with E-state index in [0.29, 0.717) is 0 Å². The number of morpholine rings is 1. The van der Waals surface area contributed by atoms with Gasteiger partial charge in [0.25, 0.3) is 0 Å². The number of pyridine rings is 1. The van der Waals surface area contributed by atoms with Crippen LogP contribution in [0.2, 0.25) is 0 Å². The third-order valence-corrected chi connectivity index (χ3v) is 7.87. The summed E-state index contributed by atoms with van der Waals surface area (Å²) in [5.74, 6) is 1.61. The number of fused-ring (bicyclic) bond motifs is 2. The molecule has 6 rings (SSSR count). The van der Waals surface area contributed by atoms with Gasteiger partial charge in [0.05, 0.1) is 35.5 Å². The first-order valence-electron chi connectivity index (χ1n) is 14.8. The average Bonchev–Trinajstić information content (AvgIpc) is 3.40. The van der Waals surface area contributed by atoms with Gasteiger partial charge in [0.15, 0.2) is 0 Å². The molecule has 10 heteroatoms. The topological polar surface area (TPSA) is 94.0 Å². The molecular weight excluding hydrogens is 532 g/mol. The van der Waals surface area contributed by atoms with E-state index in [4.69, 9.17) is 19.2 Å². The molecule has 2 saturated heterocycles. The van der Waals surface area contributed by atoms with E-state index in [-0.39, 0.29) is 18.4 Å². The molecule has 1 amide bonds. The van der Waals surface area contributed by atoms with Gasteiger partial charge in [-0.1, -0.05) is 12.1 Å². The van der Waals surface area contributed by atoms with E-state index in [0.717, 1.165) is 91.4 Å². The summed E-state index contributed by atoms with van der Waals surface area (Å²) in [6.45, 7) is 12.6. The number of rotatable bonds is 6. The van der Waals surface area contributed by atoms with Gasteiger partial charge in [0.2, 0.25) is 0 Å². The van der Waals surface area contributed by atoms with Crippen molar-refractivity contribution in [1.82, 2.24) is 24.8 Å². The molecule has 1 N–H and O–H groups in total. The number of hydrogen-bond acceptors (Lipinski definition) is 8. The first-order chi connectivity index (χ1) is 20.2. The Bertz CT molecular complexity index is 1550. The van der Waals surface area contributed by atoms with Crippen molar-refractivity contribution in [2.75, 3.05) is 44.3 Å². The second-order valence-electron chi connectivity index (χ2n) is 12.1. The first kappa shape index (κ1) is 28.2. The Morgan fingerprint density at radius 3 is 2.60 bits per heavy atom. The van der Waals surface area contributed by atoms with Crippen molar-refractivity contribution in [2.24, 2.45) is 0 Å². The van der Waals surface area contributed by atoms with Gasteiger partial charge in [-0.25, -0.2) is 14.8 Å². The van der Waals surface area contributed by atoms with Crippen LogP contribution in [0.3, 0.4) is 0 Å². The van der Waals surface area contributed by atoms with Gasteiger partial charge in [-0.3, -0.25) is 9.47 Å². The number of carbonyl (C=O) groups excluding carboxylic acids is 1. The van der Waals surface area contributed by atoms with Crippen molar-refractivity contribution in [3.63, 3.8) is 0 Å². The maximum absolute atomic E-state index is 12.3. The lowest BCUT2D eigenvalue weighted by atomic mass is 10.0. The molecule has 0 spiro atoms. The predicted molar refractivity (Wildman–Crippen MR) is 163 cm³/mol. The van der Waals surface area contributed by atoms with E-state index in [1.807, 2.05) is 55.9 Å². The van der Waals surface area contributed by atoms with Gasteiger partial charge < -0.3 is 24.4 Å². The summed E-state index contributed by atoms with van der Waals surface area (Å²) in [6, 6.07) is 16.6. The van der Waals surface area contributed by atoms with E-state index >= 15 is 0 Å². The van der Waals surface area contributed by atoms with Crippen LogP contribution in [0.5, 0.6) is 5.75 Å². The molecule has 0 radical (unpaired) electrons. The smallest absolute Gasteiger partial charge is 0.407 e. The Hall–Kier alpha value is -3.89. The van der Waals surface area contributed by atoms with Crippen molar-refractivity contribution in [3.8, 4) is 11.6 Å². The SMILES string of the molecule is CC(Oc1ccc2c(c1)ncn2-c1ccc2cccc(N3CCC(NC(=O)OC(C)(C)C)CC3)c2n1)N1CCOCC1. The van der Waals surface area contributed by atoms with Crippen molar-refractivity contribution in [1.29, 1.82) is 0 Å². The third-order valence-electron chi connectivity index (χ3n) is 7.87. The van der Waals surface area contributed by atoms with Crippen molar-refractivity contribution >= 4 is 33.7 Å². The maximum atomic E-state index is 12.3. The van der Waals surface area contributed by atoms with Gasteiger partial charge in [0.1, 0.15) is 29.7 Å². The molecule has 1 unspecified atom stereocenters. The quantitative estimate of drug-likeness (QED) is 0.340. The fourth-order valence-corrected chi connectivity index (χ4v) is 5.71. The van der Waals surface area contributed by atoms with Crippen LogP contribution in [-0.4, -0.2) is 82.8 Å². The number of amides is 1. The lowest BCUT2D eigenvalue weighted by molar-refractivity contribution is -0.0372. The number of nitrogens with zero attached hydrogens (tertiary/aromatic N) is 5. The molecule has 2 aromatic carbocycles. The molecule has 4 aromatic rings. The second kappa shape index (κ2) is 11.8. The van der Waals surface area contributed by atoms with Crippen molar-refractivity contribution in [2.45, 2.75) is 58.4 Å². The first-order valence-corrected chi connectivity index (χ1v) is 14.8. The number of para-hydroxylation sites is 1. The number of piperidine rings is 1. The summed E-state index contributed by atoms with van der Waals surface area (Å²) in [5, 5.41) is 4.12. The van der Waals surface area contributed by atoms with E-state index in [1.165, 1.54) is 0 Å². The lowest BCUT2D eigenvalue weighted by Crippen LogP contribution is -2.46. The van der Waals surface area contributed by atoms with Crippen LogP contribution in [0.4, 0.5) is 10.5 Å². The largest absolute Gasteiger partial charge is 0.475 e. The number of alkyl carbamates (subject to hydrolysis) is 1. The molecule has 2 aliphatic rings. The van der Waals surface area contributed by atoms with Crippen LogP contribution in [0.25, 0.3) is 27.8 Å². The predicted octanol–water partition coefficient (Wildman–Crippen LogP) is 5.12. The minimum absolute atomic E-state index is 0.0350. The monoisotopic (exact) mass is 572 g/mol. The Balaban J connectivity index is 1.18. The van der Waals surface area contributed by atoms with Crippen LogP contribution in [0, 0.1) is 0 Å². The number of nitrogens with one attached hydrogen (secondary N) is 1. The van der Waals surface area contributed by atoms with Crippen LogP contribution < -0.4 is 15.0 Å². The van der Waals surface area contributed by atoms with Crippen LogP contribution >= 0.6 is 0 Å². The minimum atomic E-state index is -0.505. The van der Waals surface area contributed by atoms with Gasteiger partial charge in [-0.2, -0.15) is 0 Å². The molecule has 1 atom stereocenters. The number of imidazole rings is 1. The van der Waals surface area contributed by atoms with Gasteiger partial charge in [-0.05, 0) is 70.9 Å². The van der Waals surface area contributed by atoms with Crippen molar-refractivity contribution < 1.29 is 19.0 Å². The summed E-state index contributed by atoms with van der Waals surface area (Å²) >= 11 is 0. The average molecular weight is 573 g/mol. The molecule has 2 aromatic heterocycles. The Labute approximate surface area is 246 Å².